The van der Waals surface area contributed by atoms with Crippen LogP contribution >= 0.6 is 0 Å². The van der Waals surface area contributed by atoms with Crippen LogP contribution in [0.1, 0.15) is 12.8 Å². The second kappa shape index (κ2) is 4.58. The molecule has 2 N–H and O–H groups in total. The van der Waals surface area contributed by atoms with Gasteiger partial charge in [-0.25, -0.2) is 0 Å². The Morgan fingerprint density at radius 1 is 1.62 bits per heavy atom. The van der Waals surface area contributed by atoms with E-state index in [-0.39, 0.29) is 12.5 Å². The summed E-state index contributed by atoms with van der Waals surface area (Å²) in [5, 5.41) is 0. The first kappa shape index (κ1) is 10.5. The summed E-state index contributed by atoms with van der Waals surface area (Å²) >= 11 is 0. The Bertz CT molecular complexity index is 182. The first-order chi connectivity index (χ1) is 6.15. The molecule has 0 aromatic carbocycles. The molecule has 0 unspecified atom stereocenters. The van der Waals surface area contributed by atoms with Crippen molar-refractivity contribution in [1.29, 1.82) is 0 Å². The highest BCUT2D eigenvalue weighted by Gasteiger charge is 2.27. The summed E-state index contributed by atoms with van der Waals surface area (Å²) in [6, 6.07) is 0.381. The lowest BCUT2D eigenvalue weighted by molar-refractivity contribution is -0.130. The Kier molecular flexibility index (Phi) is 3.69. The molecule has 0 aromatic heterocycles. The van der Waals surface area contributed by atoms with Crippen LogP contribution in [0.15, 0.2) is 0 Å². The van der Waals surface area contributed by atoms with Crippen LogP contribution in [0.25, 0.3) is 0 Å². The van der Waals surface area contributed by atoms with E-state index < -0.39 is 0 Å². The van der Waals surface area contributed by atoms with Gasteiger partial charge >= 0.3 is 0 Å². The molecule has 1 rings (SSSR count). The second-order valence-electron chi connectivity index (χ2n) is 3.85. The van der Waals surface area contributed by atoms with Crippen molar-refractivity contribution in [2.75, 3.05) is 33.7 Å². The minimum absolute atomic E-state index is 0.0874. The first-order valence-electron chi connectivity index (χ1n) is 4.79. The number of nitrogens with two attached hydrogens (primary N) is 1. The largest absolute Gasteiger partial charge is 0.337 e. The number of carbonyl (C=O) groups is 1. The van der Waals surface area contributed by atoms with Crippen molar-refractivity contribution in [3.63, 3.8) is 0 Å². The molecule has 0 spiro atoms. The van der Waals surface area contributed by atoms with E-state index in [0.29, 0.717) is 6.04 Å². The van der Waals surface area contributed by atoms with Crippen molar-refractivity contribution in [2.45, 2.75) is 18.9 Å². The van der Waals surface area contributed by atoms with Gasteiger partial charge in [-0.3, -0.25) is 4.79 Å². The third kappa shape index (κ3) is 2.67. The van der Waals surface area contributed by atoms with Crippen molar-refractivity contribution >= 4 is 5.91 Å². The maximum atomic E-state index is 11.4. The Hall–Kier alpha value is -0.610. The molecule has 13 heavy (non-hydrogen) atoms. The third-order valence-corrected chi connectivity index (χ3v) is 2.45. The van der Waals surface area contributed by atoms with E-state index in [0.717, 1.165) is 25.9 Å². The van der Waals surface area contributed by atoms with Gasteiger partial charge < -0.3 is 15.5 Å². The number of hydrogen-bond acceptors (Lipinski definition) is 3. The molecule has 1 atom stereocenters. The Morgan fingerprint density at radius 2 is 2.31 bits per heavy atom. The Morgan fingerprint density at radius 3 is 2.85 bits per heavy atom. The first-order valence-corrected chi connectivity index (χ1v) is 4.79. The monoisotopic (exact) mass is 185 g/mol. The Balaban J connectivity index is 2.48. The van der Waals surface area contributed by atoms with Gasteiger partial charge in [0.2, 0.25) is 5.91 Å². The number of amides is 1. The highest BCUT2D eigenvalue weighted by atomic mass is 16.2. The van der Waals surface area contributed by atoms with Gasteiger partial charge in [0.15, 0.2) is 0 Å². The molecule has 1 aliphatic heterocycles. The topological polar surface area (TPSA) is 49.6 Å². The predicted octanol–water partition coefficient (Wildman–Crippen LogP) is -0.502. The summed E-state index contributed by atoms with van der Waals surface area (Å²) in [7, 11) is 4.06. The number of likely N-dealkylation sites (tertiary alicyclic amines) is 1. The van der Waals surface area contributed by atoms with Crippen LogP contribution in [0.2, 0.25) is 0 Å². The van der Waals surface area contributed by atoms with Crippen LogP contribution in [-0.4, -0.2) is 55.5 Å². The highest BCUT2D eigenvalue weighted by molar-refractivity contribution is 5.78. The van der Waals surface area contributed by atoms with E-state index >= 15 is 0 Å². The SMILES string of the molecule is CN(C)C[C@@H]1CCCN1C(=O)CN. The van der Waals surface area contributed by atoms with Crippen LogP contribution in [0.3, 0.4) is 0 Å². The zero-order chi connectivity index (χ0) is 9.84. The van der Waals surface area contributed by atoms with Gasteiger partial charge in [-0.1, -0.05) is 0 Å². The molecule has 4 heteroatoms. The van der Waals surface area contributed by atoms with E-state index in [1.165, 1.54) is 0 Å². The molecule has 76 valence electrons. The van der Waals surface area contributed by atoms with Gasteiger partial charge in [0.1, 0.15) is 0 Å². The van der Waals surface area contributed by atoms with Crippen LogP contribution in [0.4, 0.5) is 0 Å². The zero-order valence-electron chi connectivity index (χ0n) is 8.49. The standard InChI is InChI=1S/C9H19N3O/c1-11(2)7-8-4-3-5-12(8)9(13)6-10/h8H,3-7,10H2,1-2H3/t8-/m0/s1. The molecule has 1 amide bonds. The lowest BCUT2D eigenvalue weighted by Crippen LogP contribution is -2.43. The number of rotatable bonds is 3. The fourth-order valence-electron chi connectivity index (χ4n) is 1.89. The van der Waals surface area contributed by atoms with Crippen LogP contribution in [0, 0.1) is 0 Å². The maximum absolute atomic E-state index is 11.4. The van der Waals surface area contributed by atoms with Gasteiger partial charge in [-0.2, -0.15) is 0 Å². The molecule has 0 aromatic rings. The summed E-state index contributed by atoms with van der Waals surface area (Å²) in [4.78, 5) is 15.4. The van der Waals surface area contributed by atoms with E-state index in [1.807, 2.05) is 19.0 Å². The van der Waals surface area contributed by atoms with Gasteiger partial charge in [-0.05, 0) is 26.9 Å². The number of carbonyl (C=O) groups excluding carboxylic acids is 1. The highest BCUT2D eigenvalue weighted by Crippen LogP contribution is 2.17. The fourth-order valence-corrected chi connectivity index (χ4v) is 1.89. The van der Waals surface area contributed by atoms with Crippen LogP contribution in [-0.2, 0) is 4.79 Å². The summed E-state index contributed by atoms with van der Waals surface area (Å²) in [6.45, 7) is 1.98. The predicted molar refractivity (Wildman–Crippen MR) is 52.3 cm³/mol. The normalized spacial score (nSPS) is 22.8. The summed E-state index contributed by atoms with van der Waals surface area (Å²) < 4.78 is 0. The van der Waals surface area contributed by atoms with E-state index in [1.54, 1.807) is 0 Å². The molecule has 1 saturated heterocycles. The summed E-state index contributed by atoms with van der Waals surface area (Å²) in [5.74, 6) is 0.0874. The lowest BCUT2D eigenvalue weighted by Gasteiger charge is -2.26. The smallest absolute Gasteiger partial charge is 0.236 e. The lowest BCUT2D eigenvalue weighted by atomic mass is 10.2. The van der Waals surface area contributed by atoms with E-state index in [2.05, 4.69) is 4.90 Å². The molecule has 0 saturated carbocycles. The van der Waals surface area contributed by atoms with Gasteiger partial charge in [-0.15, -0.1) is 0 Å². The quantitative estimate of drug-likeness (QED) is 0.645. The molecule has 0 bridgehead atoms. The minimum Gasteiger partial charge on any atom is -0.337 e. The molecule has 4 nitrogen and oxygen atoms in total. The maximum Gasteiger partial charge on any atom is 0.236 e. The number of nitrogens with zero attached hydrogens (tertiary/aromatic N) is 2. The third-order valence-electron chi connectivity index (χ3n) is 2.45. The number of hydrogen-bond donors (Lipinski definition) is 1. The van der Waals surface area contributed by atoms with Crippen molar-refractivity contribution in [3.05, 3.63) is 0 Å². The second-order valence-corrected chi connectivity index (χ2v) is 3.85. The van der Waals surface area contributed by atoms with Gasteiger partial charge in [0.25, 0.3) is 0 Å². The molecule has 1 fully saturated rings. The molecular weight excluding hydrogens is 166 g/mol. The molecule has 1 aliphatic rings. The molecule has 0 radical (unpaired) electrons. The van der Waals surface area contributed by atoms with E-state index in [9.17, 15) is 4.79 Å². The average Bonchev–Trinajstić information content (AvgIpc) is 2.50. The number of likely N-dealkylation sites (N-methyl/N-ethyl adjacent to an activating group) is 1. The zero-order valence-corrected chi connectivity index (χ0v) is 8.49. The summed E-state index contributed by atoms with van der Waals surface area (Å²) in [6.07, 6.45) is 2.23. The van der Waals surface area contributed by atoms with Crippen molar-refractivity contribution < 1.29 is 4.79 Å². The van der Waals surface area contributed by atoms with Gasteiger partial charge in [0, 0.05) is 19.1 Å². The van der Waals surface area contributed by atoms with Crippen molar-refractivity contribution in [3.8, 4) is 0 Å². The Labute approximate surface area is 79.7 Å². The van der Waals surface area contributed by atoms with Crippen molar-refractivity contribution in [1.82, 2.24) is 9.80 Å². The molecule has 1 heterocycles. The van der Waals surface area contributed by atoms with Crippen molar-refractivity contribution in [2.24, 2.45) is 5.73 Å². The molecule has 0 aliphatic carbocycles. The average molecular weight is 185 g/mol. The minimum atomic E-state index is 0.0874. The van der Waals surface area contributed by atoms with Crippen LogP contribution in [0.5, 0.6) is 0 Å². The van der Waals surface area contributed by atoms with Gasteiger partial charge in [0.05, 0.1) is 6.54 Å². The fraction of sp³-hybridized carbons (Fsp3) is 0.889. The van der Waals surface area contributed by atoms with Crippen LogP contribution < -0.4 is 5.73 Å². The summed E-state index contributed by atoms with van der Waals surface area (Å²) in [5.41, 5.74) is 5.34. The van der Waals surface area contributed by atoms with E-state index in [4.69, 9.17) is 5.73 Å². The molecular formula is C9H19N3O.